The Morgan fingerprint density at radius 2 is 2.04 bits per heavy atom. The molecule has 2 fully saturated rings. The van der Waals surface area contributed by atoms with E-state index in [-0.39, 0.29) is 5.91 Å². The number of aromatic nitrogens is 1. The van der Waals surface area contributed by atoms with Crippen LogP contribution in [0.4, 0.5) is 15.9 Å². The van der Waals surface area contributed by atoms with Crippen molar-refractivity contribution in [2.24, 2.45) is 5.92 Å². The molecule has 6 heteroatoms. The Morgan fingerprint density at radius 3 is 2.81 bits per heavy atom. The fraction of sp³-hybridized carbons (Fsp3) is 0.429. The lowest BCUT2D eigenvalue weighted by atomic mass is 10.1. The van der Waals surface area contributed by atoms with Crippen molar-refractivity contribution in [2.45, 2.75) is 32.1 Å². The van der Waals surface area contributed by atoms with Crippen LogP contribution in [0.2, 0.25) is 0 Å². The predicted octanol–water partition coefficient (Wildman–Crippen LogP) is 4.25. The average Bonchev–Trinajstić information content (AvgIpc) is 3.52. The van der Waals surface area contributed by atoms with Crippen molar-refractivity contribution in [3.8, 4) is 5.75 Å². The summed E-state index contributed by atoms with van der Waals surface area (Å²) in [6.45, 7) is 2.39. The molecule has 0 atom stereocenters. The first-order valence-corrected chi connectivity index (χ1v) is 9.64. The van der Waals surface area contributed by atoms with Gasteiger partial charge in [0.2, 0.25) is 0 Å². The van der Waals surface area contributed by atoms with Gasteiger partial charge in [0.05, 0.1) is 17.9 Å². The molecule has 1 N–H and O–H groups in total. The number of benzene rings is 1. The molecule has 1 aliphatic carbocycles. The quantitative estimate of drug-likeness (QED) is 0.827. The number of hydrogen-bond donors (Lipinski definition) is 1. The molecule has 1 saturated carbocycles. The van der Waals surface area contributed by atoms with E-state index >= 15 is 0 Å². The summed E-state index contributed by atoms with van der Waals surface area (Å²) in [4.78, 5) is 19.5. The molecule has 2 aromatic rings. The SMILES string of the molecule is O=C(Nc1cc(F)ccc1OCC1CC1)c1cccnc1N1CCCCC1. The maximum absolute atomic E-state index is 13.8. The van der Waals surface area contributed by atoms with Gasteiger partial charge in [-0.05, 0) is 62.3 Å². The third-order valence-corrected chi connectivity index (χ3v) is 5.05. The number of ether oxygens (including phenoxy) is 1. The maximum Gasteiger partial charge on any atom is 0.259 e. The van der Waals surface area contributed by atoms with Gasteiger partial charge in [0.15, 0.2) is 0 Å². The van der Waals surface area contributed by atoms with Crippen LogP contribution in [0.5, 0.6) is 5.75 Å². The average molecular weight is 369 g/mol. The van der Waals surface area contributed by atoms with Crippen LogP contribution in [0.25, 0.3) is 0 Å². The smallest absolute Gasteiger partial charge is 0.259 e. The second-order valence-electron chi connectivity index (χ2n) is 7.27. The van der Waals surface area contributed by atoms with Crippen LogP contribution in [0, 0.1) is 11.7 Å². The van der Waals surface area contributed by atoms with Crippen LogP contribution in [0.15, 0.2) is 36.5 Å². The molecule has 0 radical (unpaired) electrons. The summed E-state index contributed by atoms with van der Waals surface area (Å²) >= 11 is 0. The lowest BCUT2D eigenvalue weighted by molar-refractivity contribution is 0.102. The van der Waals surface area contributed by atoms with Gasteiger partial charge in [0, 0.05) is 25.4 Å². The van der Waals surface area contributed by atoms with E-state index in [9.17, 15) is 9.18 Å². The van der Waals surface area contributed by atoms with Crippen LogP contribution in [-0.2, 0) is 0 Å². The molecule has 1 aromatic heterocycles. The number of carbonyl (C=O) groups excluding carboxylic acids is 1. The fourth-order valence-corrected chi connectivity index (χ4v) is 3.34. The number of rotatable bonds is 6. The first-order valence-electron chi connectivity index (χ1n) is 9.64. The first-order chi connectivity index (χ1) is 13.2. The van der Waals surface area contributed by atoms with Crippen molar-refractivity contribution >= 4 is 17.4 Å². The topological polar surface area (TPSA) is 54.5 Å². The van der Waals surface area contributed by atoms with E-state index in [1.165, 1.54) is 18.6 Å². The van der Waals surface area contributed by atoms with Crippen LogP contribution in [0.3, 0.4) is 0 Å². The van der Waals surface area contributed by atoms with Crippen molar-refractivity contribution in [1.82, 2.24) is 4.98 Å². The Morgan fingerprint density at radius 1 is 1.22 bits per heavy atom. The van der Waals surface area contributed by atoms with Gasteiger partial charge in [-0.2, -0.15) is 0 Å². The molecule has 1 aliphatic heterocycles. The number of nitrogens with one attached hydrogen (secondary N) is 1. The van der Waals surface area contributed by atoms with E-state index in [0.717, 1.165) is 38.8 Å². The third kappa shape index (κ3) is 4.38. The zero-order valence-corrected chi connectivity index (χ0v) is 15.3. The number of carbonyl (C=O) groups is 1. The van der Waals surface area contributed by atoms with Crippen molar-refractivity contribution in [3.05, 3.63) is 47.9 Å². The summed E-state index contributed by atoms with van der Waals surface area (Å²) in [5.74, 6) is 1.05. The van der Waals surface area contributed by atoms with Crippen molar-refractivity contribution in [3.63, 3.8) is 0 Å². The molecule has 2 aliphatic rings. The molecule has 0 bridgehead atoms. The predicted molar refractivity (Wildman–Crippen MR) is 103 cm³/mol. The molecule has 1 amide bonds. The van der Waals surface area contributed by atoms with Gasteiger partial charge in [-0.1, -0.05) is 0 Å². The molecule has 1 aromatic carbocycles. The Bertz CT molecular complexity index is 817. The highest BCUT2D eigenvalue weighted by Crippen LogP contribution is 2.32. The Kier molecular flexibility index (Phi) is 5.23. The van der Waals surface area contributed by atoms with Gasteiger partial charge < -0.3 is 15.0 Å². The van der Waals surface area contributed by atoms with E-state index < -0.39 is 5.82 Å². The summed E-state index contributed by atoms with van der Waals surface area (Å²) in [7, 11) is 0. The number of piperidine rings is 1. The molecular weight excluding hydrogens is 345 g/mol. The number of anilines is 2. The fourth-order valence-electron chi connectivity index (χ4n) is 3.34. The molecule has 142 valence electrons. The van der Waals surface area contributed by atoms with E-state index in [1.807, 2.05) is 0 Å². The lowest BCUT2D eigenvalue weighted by Crippen LogP contribution is -2.32. The van der Waals surface area contributed by atoms with Gasteiger partial charge >= 0.3 is 0 Å². The molecule has 1 saturated heterocycles. The first kappa shape index (κ1) is 17.8. The summed E-state index contributed by atoms with van der Waals surface area (Å²) in [5.41, 5.74) is 0.853. The van der Waals surface area contributed by atoms with Crippen LogP contribution in [-0.4, -0.2) is 30.6 Å². The standard InChI is InChI=1S/C21H24FN3O2/c22-16-8-9-19(27-14-15-6-7-15)18(13-16)24-21(26)17-5-4-10-23-20(17)25-11-2-1-3-12-25/h4-5,8-10,13,15H,1-3,6-7,11-12,14H2,(H,24,26). The van der Waals surface area contributed by atoms with E-state index in [0.29, 0.717) is 35.3 Å². The highest BCUT2D eigenvalue weighted by atomic mass is 19.1. The Balaban J connectivity index is 1.54. The third-order valence-electron chi connectivity index (χ3n) is 5.05. The number of amides is 1. The zero-order chi connectivity index (χ0) is 18.6. The van der Waals surface area contributed by atoms with E-state index in [4.69, 9.17) is 4.74 Å². The number of nitrogens with zero attached hydrogens (tertiary/aromatic N) is 2. The van der Waals surface area contributed by atoms with Gasteiger partial charge in [-0.15, -0.1) is 0 Å². The molecular formula is C21H24FN3O2. The minimum absolute atomic E-state index is 0.300. The maximum atomic E-state index is 13.8. The minimum atomic E-state index is -0.411. The molecule has 2 heterocycles. The largest absolute Gasteiger partial charge is 0.491 e. The van der Waals surface area contributed by atoms with Crippen LogP contribution >= 0.6 is 0 Å². The molecule has 5 nitrogen and oxygen atoms in total. The molecule has 4 rings (SSSR count). The Hall–Kier alpha value is -2.63. The van der Waals surface area contributed by atoms with Gasteiger partial charge in [0.1, 0.15) is 17.4 Å². The highest BCUT2D eigenvalue weighted by Gasteiger charge is 2.24. The van der Waals surface area contributed by atoms with Crippen molar-refractivity contribution < 1.29 is 13.9 Å². The van der Waals surface area contributed by atoms with Gasteiger partial charge in [-0.25, -0.2) is 9.37 Å². The van der Waals surface area contributed by atoms with Crippen molar-refractivity contribution in [2.75, 3.05) is 29.9 Å². The number of halogens is 1. The minimum Gasteiger partial charge on any atom is -0.491 e. The summed E-state index contributed by atoms with van der Waals surface area (Å²) in [6, 6.07) is 7.73. The van der Waals surface area contributed by atoms with Gasteiger partial charge in [-0.3, -0.25) is 4.79 Å². The zero-order valence-electron chi connectivity index (χ0n) is 15.3. The lowest BCUT2D eigenvalue weighted by Gasteiger charge is -2.29. The van der Waals surface area contributed by atoms with Crippen molar-refractivity contribution in [1.29, 1.82) is 0 Å². The number of pyridine rings is 1. The molecule has 0 unspecified atom stereocenters. The summed E-state index contributed by atoms with van der Waals surface area (Å²) in [6.07, 6.45) is 7.43. The van der Waals surface area contributed by atoms with Crippen LogP contribution < -0.4 is 15.0 Å². The van der Waals surface area contributed by atoms with Gasteiger partial charge in [0.25, 0.3) is 5.91 Å². The molecule has 27 heavy (non-hydrogen) atoms. The second-order valence-corrected chi connectivity index (χ2v) is 7.27. The van der Waals surface area contributed by atoms with E-state index in [1.54, 1.807) is 24.4 Å². The molecule has 0 spiro atoms. The van der Waals surface area contributed by atoms with E-state index in [2.05, 4.69) is 15.2 Å². The normalized spacial score (nSPS) is 16.9. The summed E-state index contributed by atoms with van der Waals surface area (Å²) < 4.78 is 19.5. The number of hydrogen-bond acceptors (Lipinski definition) is 4. The van der Waals surface area contributed by atoms with Crippen LogP contribution in [0.1, 0.15) is 42.5 Å². The highest BCUT2D eigenvalue weighted by molar-refractivity contribution is 6.08. The monoisotopic (exact) mass is 369 g/mol. The Labute approximate surface area is 158 Å². The second kappa shape index (κ2) is 7.94. The summed E-state index contributed by atoms with van der Waals surface area (Å²) in [5, 5.41) is 2.82.